The Balaban J connectivity index is 1.85. The van der Waals surface area contributed by atoms with Gasteiger partial charge >= 0.3 is 0 Å². The van der Waals surface area contributed by atoms with E-state index >= 15 is 0 Å². The van der Waals surface area contributed by atoms with Crippen molar-refractivity contribution in [3.8, 4) is 5.75 Å². The largest absolute Gasteiger partial charge is 0.503 e. The second kappa shape index (κ2) is 6.65. The number of nitrogens with zero attached hydrogens (tertiary/aromatic N) is 2. The van der Waals surface area contributed by atoms with Crippen LogP contribution < -0.4 is 5.43 Å². The van der Waals surface area contributed by atoms with Crippen LogP contribution in [-0.4, -0.2) is 27.7 Å². The highest BCUT2D eigenvalue weighted by atomic mass is 16.3. The number of aromatic hydroxyl groups is 1. The van der Waals surface area contributed by atoms with E-state index in [4.69, 9.17) is 0 Å². The van der Waals surface area contributed by atoms with Crippen LogP contribution in [0.1, 0.15) is 63.1 Å². The van der Waals surface area contributed by atoms with Crippen LogP contribution in [0.25, 0.3) is 0 Å². The summed E-state index contributed by atoms with van der Waals surface area (Å²) in [6.07, 6.45) is 11.6. The third-order valence-electron chi connectivity index (χ3n) is 4.95. The summed E-state index contributed by atoms with van der Waals surface area (Å²) in [6, 6.07) is 2.10. The monoisotopic (exact) mass is 290 g/mol. The summed E-state index contributed by atoms with van der Waals surface area (Å²) in [5.41, 5.74) is 0.834. The number of hydrogen-bond acceptors (Lipinski definition) is 3. The van der Waals surface area contributed by atoms with Gasteiger partial charge < -0.3 is 9.67 Å². The van der Waals surface area contributed by atoms with Crippen LogP contribution >= 0.6 is 0 Å². The predicted octanol–water partition coefficient (Wildman–Crippen LogP) is 3.05. The van der Waals surface area contributed by atoms with Crippen LogP contribution in [0.5, 0.6) is 5.75 Å². The predicted molar refractivity (Wildman–Crippen MR) is 83.6 cm³/mol. The molecule has 0 radical (unpaired) electrons. The lowest BCUT2D eigenvalue weighted by molar-refractivity contribution is 0.210. The average molecular weight is 290 g/mol. The van der Waals surface area contributed by atoms with Gasteiger partial charge in [0.2, 0.25) is 5.43 Å². The van der Waals surface area contributed by atoms with Gasteiger partial charge in [-0.1, -0.05) is 25.7 Å². The Morgan fingerprint density at radius 3 is 2.43 bits per heavy atom. The van der Waals surface area contributed by atoms with Gasteiger partial charge in [0.25, 0.3) is 0 Å². The van der Waals surface area contributed by atoms with Crippen LogP contribution in [0, 0.1) is 0 Å². The van der Waals surface area contributed by atoms with Gasteiger partial charge in [-0.3, -0.25) is 9.69 Å². The summed E-state index contributed by atoms with van der Waals surface area (Å²) in [4.78, 5) is 14.3. The van der Waals surface area contributed by atoms with Crippen molar-refractivity contribution in [1.29, 1.82) is 0 Å². The maximum Gasteiger partial charge on any atom is 0.223 e. The molecule has 4 nitrogen and oxygen atoms in total. The Kier molecular flexibility index (Phi) is 4.63. The zero-order valence-electron chi connectivity index (χ0n) is 12.8. The first-order chi connectivity index (χ1) is 10.2. The Labute approximate surface area is 126 Å². The lowest BCUT2D eigenvalue weighted by Crippen LogP contribution is -2.32. The van der Waals surface area contributed by atoms with Gasteiger partial charge in [-0.15, -0.1) is 0 Å². The molecule has 3 rings (SSSR count). The second-order valence-electron chi connectivity index (χ2n) is 6.55. The van der Waals surface area contributed by atoms with Crippen molar-refractivity contribution < 1.29 is 5.11 Å². The summed E-state index contributed by atoms with van der Waals surface area (Å²) in [6.45, 7) is 3.09. The highest BCUT2D eigenvalue weighted by Crippen LogP contribution is 2.30. The molecule has 1 aromatic rings. The van der Waals surface area contributed by atoms with E-state index in [1.807, 2.05) is 0 Å². The molecule has 1 saturated heterocycles. The Bertz CT molecular complexity index is 526. The van der Waals surface area contributed by atoms with E-state index in [0.717, 1.165) is 38.2 Å². The lowest BCUT2D eigenvalue weighted by atomic mass is 9.95. The lowest BCUT2D eigenvalue weighted by Gasteiger charge is -2.31. The van der Waals surface area contributed by atoms with E-state index in [0.29, 0.717) is 6.04 Å². The number of rotatable bonds is 3. The van der Waals surface area contributed by atoms with Crippen molar-refractivity contribution in [2.75, 3.05) is 13.1 Å². The quantitative estimate of drug-likeness (QED) is 0.930. The fourth-order valence-electron chi connectivity index (χ4n) is 3.75. The third kappa shape index (κ3) is 3.49. The molecule has 4 heteroatoms. The molecular formula is C17H26N2O2. The summed E-state index contributed by atoms with van der Waals surface area (Å²) >= 11 is 0. The van der Waals surface area contributed by atoms with Crippen LogP contribution in [0.2, 0.25) is 0 Å². The van der Waals surface area contributed by atoms with Crippen molar-refractivity contribution in [2.45, 2.75) is 64.0 Å². The molecule has 0 spiro atoms. The molecule has 21 heavy (non-hydrogen) atoms. The van der Waals surface area contributed by atoms with Gasteiger partial charge in [0.05, 0.1) is 6.20 Å². The summed E-state index contributed by atoms with van der Waals surface area (Å²) in [5.74, 6) is -0.108. The molecule has 1 saturated carbocycles. The van der Waals surface area contributed by atoms with Crippen LogP contribution in [-0.2, 0) is 6.54 Å². The summed E-state index contributed by atoms with van der Waals surface area (Å²) < 4.78 is 2.19. The van der Waals surface area contributed by atoms with Crippen molar-refractivity contribution in [3.63, 3.8) is 0 Å². The Morgan fingerprint density at radius 2 is 1.71 bits per heavy atom. The normalized spacial score (nSPS) is 21.5. The van der Waals surface area contributed by atoms with E-state index in [1.165, 1.54) is 38.5 Å². The zero-order valence-corrected chi connectivity index (χ0v) is 12.8. The molecule has 0 unspecified atom stereocenters. The van der Waals surface area contributed by atoms with E-state index in [9.17, 15) is 9.90 Å². The molecule has 2 fully saturated rings. The standard InChI is InChI=1S/C17H26N2O2/c20-16-11-15(12-18-9-5-2-6-10-18)19(13-17(16)21)14-7-3-1-4-8-14/h11,13-14,21H,1-10,12H2. The molecule has 1 aromatic heterocycles. The van der Waals surface area contributed by atoms with Gasteiger partial charge in [0.15, 0.2) is 5.75 Å². The van der Waals surface area contributed by atoms with Crippen LogP contribution in [0.15, 0.2) is 17.1 Å². The maximum absolute atomic E-state index is 11.8. The molecule has 1 aliphatic carbocycles. The minimum absolute atomic E-state index is 0.108. The maximum atomic E-state index is 11.8. The minimum atomic E-state index is -0.242. The van der Waals surface area contributed by atoms with E-state index < -0.39 is 0 Å². The molecule has 0 atom stereocenters. The Hall–Kier alpha value is -1.29. The molecule has 0 bridgehead atoms. The van der Waals surface area contributed by atoms with Crippen molar-refractivity contribution in [3.05, 3.63) is 28.2 Å². The molecule has 2 aliphatic rings. The van der Waals surface area contributed by atoms with Crippen LogP contribution in [0.3, 0.4) is 0 Å². The van der Waals surface area contributed by atoms with Gasteiger partial charge in [0.1, 0.15) is 0 Å². The van der Waals surface area contributed by atoms with Crippen molar-refractivity contribution >= 4 is 0 Å². The highest BCUT2D eigenvalue weighted by molar-refractivity contribution is 5.21. The van der Waals surface area contributed by atoms with Gasteiger partial charge in [0, 0.05) is 24.3 Å². The molecule has 0 aromatic carbocycles. The third-order valence-corrected chi connectivity index (χ3v) is 4.95. The van der Waals surface area contributed by atoms with Gasteiger partial charge in [-0.25, -0.2) is 0 Å². The first-order valence-corrected chi connectivity index (χ1v) is 8.40. The SMILES string of the molecule is O=c1cc(CN2CCCCC2)n(C2CCCCC2)cc1O. The van der Waals surface area contributed by atoms with Gasteiger partial charge in [-0.05, 0) is 38.8 Å². The zero-order chi connectivity index (χ0) is 14.7. The molecule has 0 amide bonds. The van der Waals surface area contributed by atoms with Crippen molar-refractivity contribution in [1.82, 2.24) is 9.47 Å². The summed E-state index contributed by atoms with van der Waals surface area (Å²) in [5, 5.41) is 9.81. The fourth-order valence-corrected chi connectivity index (χ4v) is 3.75. The number of piperidine rings is 1. The second-order valence-corrected chi connectivity index (χ2v) is 6.55. The first kappa shape index (κ1) is 14.6. The topological polar surface area (TPSA) is 45.5 Å². The number of pyridine rings is 1. The minimum Gasteiger partial charge on any atom is -0.503 e. The van der Waals surface area contributed by atoms with Gasteiger partial charge in [-0.2, -0.15) is 0 Å². The highest BCUT2D eigenvalue weighted by Gasteiger charge is 2.20. The number of hydrogen-bond donors (Lipinski definition) is 1. The fraction of sp³-hybridized carbons (Fsp3) is 0.706. The number of aromatic nitrogens is 1. The smallest absolute Gasteiger partial charge is 0.223 e. The molecule has 2 heterocycles. The molecule has 1 N–H and O–H groups in total. The Morgan fingerprint density at radius 1 is 1.05 bits per heavy atom. The number of likely N-dealkylation sites (tertiary alicyclic amines) is 1. The summed E-state index contributed by atoms with van der Waals surface area (Å²) in [7, 11) is 0. The van der Waals surface area contributed by atoms with Crippen molar-refractivity contribution in [2.24, 2.45) is 0 Å². The first-order valence-electron chi connectivity index (χ1n) is 8.40. The molecule has 116 valence electrons. The van der Waals surface area contributed by atoms with E-state index in [2.05, 4.69) is 9.47 Å². The van der Waals surface area contributed by atoms with E-state index in [-0.39, 0.29) is 11.2 Å². The van der Waals surface area contributed by atoms with E-state index in [1.54, 1.807) is 12.3 Å². The molecular weight excluding hydrogens is 264 g/mol. The van der Waals surface area contributed by atoms with Crippen LogP contribution in [0.4, 0.5) is 0 Å². The molecule has 1 aliphatic heterocycles. The average Bonchev–Trinajstić information content (AvgIpc) is 2.52.